The summed E-state index contributed by atoms with van der Waals surface area (Å²) in [4.78, 5) is 6.52. The van der Waals surface area contributed by atoms with Gasteiger partial charge in [0.25, 0.3) is 0 Å². The highest BCUT2D eigenvalue weighted by atomic mass is 16.3. The first kappa shape index (κ1) is 15.7. The van der Waals surface area contributed by atoms with E-state index in [9.17, 15) is 5.11 Å². The first-order valence-electron chi connectivity index (χ1n) is 7.96. The Morgan fingerprint density at radius 2 is 1.78 bits per heavy atom. The molecule has 1 aromatic carbocycles. The van der Waals surface area contributed by atoms with E-state index in [1.165, 1.54) is 11.1 Å². The van der Waals surface area contributed by atoms with Crippen molar-refractivity contribution in [2.24, 2.45) is 0 Å². The summed E-state index contributed by atoms with van der Waals surface area (Å²) in [5, 5.41) is 9.63. The molecule has 23 heavy (non-hydrogen) atoms. The summed E-state index contributed by atoms with van der Waals surface area (Å²) in [6, 6.07) is 12.5. The van der Waals surface area contributed by atoms with E-state index in [1.807, 2.05) is 24.5 Å². The number of likely N-dealkylation sites (tertiary alicyclic amines) is 1. The molecular formula is C20H22N2O. The Bertz CT molecular complexity index is 699. The maximum Gasteiger partial charge on any atom is 0.120 e. The number of pyridine rings is 1. The van der Waals surface area contributed by atoms with E-state index in [0.29, 0.717) is 5.92 Å². The molecule has 1 aliphatic heterocycles. The first-order chi connectivity index (χ1) is 11.0. The van der Waals surface area contributed by atoms with Crippen LogP contribution in [0.15, 0.2) is 48.8 Å². The fraction of sp³-hybridized carbons (Fsp3) is 0.350. The van der Waals surface area contributed by atoms with Crippen molar-refractivity contribution >= 4 is 0 Å². The maximum atomic E-state index is 9.63. The highest BCUT2D eigenvalue weighted by Gasteiger charge is 2.27. The molecule has 2 heterocycles. The SMILES string of the molecule is CC(C)(O)C#Cc1ccc(CN2CC(c3ccncc3)C2)cc1. The number of hydrogen-bond donors (Lipinski definition) is 1. The monoisotopic (exact) mass is 306 g/mol. The Balaban J connectivity index is 1.53. The maximum absolute atomic E-state index is 9.63. The van der Waals surface area contributed by atoms with Gasteiger partial charge in [-0.05, 0) is 49.2 Å². The highest BCUT2D eigenvalue weighted by molar-refractivity contribution is 5.37. The van der Waals surface area contributed by atoms with Crippen molar-refractivity contribution in [3.63, 3.8) is 0 Å². The zero-order chi connectivity index (χ0) is 16.3. The van der Waals surface area contributed by atoms with E-state index in [1.54, 1.807) is 13.8 Å². The molecule has 118 valence electrons. The van der Waals surface area contributed by atoms with Gasteiger partial charge in [-0.15, -0.1) is 0 Å². The quantitative estimate of drug-likeness (QED) is 0.886. The van der Waals surface area contributed by atoms with E-state index < -0.39 is 5.60 Å². The van der Waals surface area contributed by atoms with E-state index in [4.69, 9.17) is 0 Å². The van der Waals surface area contributed by atoms with Crippen LogP contribution in [0.5, 0.6) is 0 Å². The van der Waals surface area contributed by atoms with Crippen molar-refractivity contribution in [3.05, 3.63) is 65.5 Å². The lowest BCUT2D eigenvalue weighted by Gasteiger charge is -2.39. The first-order valence-corrected chi connectivity index (χ1v) is 7.96. The van der Waals surface area contributed by atoms with Crippen LogP contribution in [0, 0.1) is 11.8 Å². The molecule has 3 nitrogen and oxygen atoms in total. The molecule has 0 atom stereocenters. The second-order valence-electron chi connectivity index (χ2n) is 6.68. The Hall–Kier alpha value is -2.15. The van der Waals surface area contributed by atoms with Crippen LogP contribution >= 0.6 is 0 Å². The zero-order valence-electron chi connectivity index (χ0n) is 13.7. The molecule has 2 aromatic rings. The van der Waals surface area contributed by atoms with Crippen LogP contribution in [0.3, 0.4) is 0 Å². The van der Waals surface area contributed by atoms with Crippen molar-refractivity contribution in [3.8, 4) is 11.8 Å². The van der Waals surface area contributed by atoms with E-state index in [-0.39, 0.29) is 0 Å². The van der Waals surface area contributed by atoms with Crippen LogP contribution in [0.4, 0.5) is 0 Å². The fourth-order valence-electron chi connectivity index (χ4n) is 2.72. The van der Waals surface area contributed by atoms with Gasteiger partial charge in [-0.25, -0.2) is 0 Å². The Morgan fingerprint density at radius 1 is 1.13 bits per heavy atom. The molecular weight excluding hydrogens is 284 g/mol. The van der Waals surface area contributed by atoms with E-state index in [0.717, 1.165) is 25.2 Å². The number of benzene rings is 1. The van der Waals surface area contributed by atoms with Crippen molar-refractivity contribution in [2.75, 3.05) is 13.1 Å². The molecule has 1 N–H and O–H groups in total. The normalized spacial score (nSPS) is 15.6. The van der Waals surface area contributed by atoms with Gasteiger partial charge in [0.15, 0.2) is 0 Å². The Morgan fingerprint density at radius 3 is 2.39 bits per heavy atom. The largest absolute Gasteiger partial charge is 0.378 e. The number of aromatic nitrogens is 1. The predicted octanol–water partition coefficient (Wildman–Crippen LogP) is 2.80. The third-order valence-corrected chi connectivity index (χ3v) is 4.01. The molecule has 0 spiro atoms. The van der Waals surface area contributed by atoms with E-state index in [2.05, 4.69) is 46.0 Å². The molecule has 0 amide bonds. The lowest BCUT2D eigenvalue weighted by atomic mass is 9.92. The van der Waals surface area contributed by atoms with Gasteiger partial charge >= 0.3 is 0 Å². The summed E-state index contributed by atoms with van der Waals surface area (Å²) in [6.07, 6.45) is 3.73. The smallest absolute Gasteiger partial charge is 0.120 e. The van der Waals surface area contributed by atoms with Gasteiger partial charge in [0.1, 0.15) is 5.60 Å². The minimum atomic E-state index is -0.946. The van der Waals surface area contributed by atoms with Crippen LogP contribution < -0.4 is 0 Å². The van der Waals surface area contributed by atoms with Crippen molar-refractivity contribution < 1.29 is 5.11 Å². The second kappa shape index (κ2) is 6.54. The van der Waals surface area contributed by atoms with Gasteiger partial charge in [-0.1, -0.05) is 24.0 Å². The molecule has 0 unspecified atom stereocenters. The molecule has 3 rings (SSSR count). The summed E-state index contributed by atoms with van der Waals surface area (Å²) in [5.74, 6) is 6.47. The summed E-state index contributed by atoms with van der Waals surface area (Å²) in [6.45, 7) is 6.56. The molecule has 0 saturated carbocycles. The van der Waals surface area contributed by atoms with Crippen LogP contribution in [-0.2, 0) is 6.54 Å². The summed E-state index contributed by atoms with van der Waals surface area (Å²) in [5.41, 5.74) is 2.67. The average molecular weight is 306 g/mol. The number of aliphatic hydroxyl groups is 1. The molecule has 1 saturated heterocycles. The van der Waals surface area contributed by atoms with Gasteiger partial charge in [-0.2, -0.15) is 0 Å². The second-order valence-corrected chi connectivity index (χ2v) is 6.68. The van der Waals surface area contributed by atoms with Crippen molar-refractivity contribution in [1.29, 1.82) is 0 Å². The van der Waals surface area contributed by atoms with Crippen molar-refractivity contribution in [2.45, 2.75) is 31.9 Å². The van der Waals surface area contributed by atoms with Gasteiger partial charge < -0.3 is 5.11 Å². The minimum absolute atomic E-state index is 0.634. The topological polar surface area (TPSA) is 36.4 Å². The summed E-state index contributed by atoms with van der Waals surface area (Å²) in [7, 11) is 0. The number of hydrogen-bond acceptors (Lipinski definition) is 3. The van der Waals surface area contributed by atoms with Crippen LogP contribution in [0.1, 0.15) is 36.5 Å². The minimum Gasteiger partial charge on any atom is -0.378 e. The Labute approximate surface area is 138 Å². The predicted molar refractivity (Wildman–Crippen MR) is 91.9 cm³/mol. The standard InChI is InChI=1S/C20H22N2O/c1-20(2,23)10-7-16-3-5-17(6-4-16)13-22-14-19(15-22)18-8-11-21-12-9-18/h3-6,8-9,11-12,19,23H,13-15H2,1-2H3. The van der Waals surface area contributed by atoms with Crippen LogP contribution in [0.25, 0.3) is 0 Å². The third-order valence-electron chi connectivity index (χ3n) is 4.01. The molecule has 0 aliphatic carbocycles. The molecule has 1 aliphatic rings. The zero-order valence-corrected chi connectivity index (χ0v) is 13.7. The van der Waals surface area contributed by atoms with Gasteiger partial charge in [0, 0.05) is 43.5 Å². The third kappa shape index (κ3) is 4.41. The summed E-state index contributed by atoms with van der Waals surface area (Å²) >= 11 is 0. The van der Waals surface area contributed by atoms with Crippen molar-refractivity contribution in [1.82, 2.24) is 9.88 Å². The average Bonchev–Trinajstić information content (AvgIpc) is 2.50. The van der Waals surface area contributed by atoms with Gasteiger partial charge in [0.05, 0.1) is 0 Å². The fourth-order valence-corrected chi connectivity index (χ4v) is 2.72. The highest BCUT2D eigenvalue weighted by Crippen LogP contribution is 2.27. The summed E-state index contributed by atoms with van der Waals surface area (Å²) < 4.78 is 0. The molecule has 0 bridgehead atoms. The van der Waals surface area contributed by atoms with E-state index >= 15 is 0 Å². The lowest BCUT2D eigenvalue weighted by Crippen LogP contribution is -2.44. The number of nitrogens with zero attached hydrogens (tertiary/aromatic N) is 2. The van der Waals surface area contributed by atoms with Gasteiger partial charge in [-0.3, -0.25) is 9.88 Å². The lowest BCUT2D eigenvalue weighted by molar-refractivity contribution is 0.139. The van der Waals surface area contributed by atoms with Gasteiger partial charge in [0.2, 0.25) is 0 Å². The van der Waals surface area contributed by atoms with Crippen LogP contribution in [-0.4, -0.2) is 33.7 Å². The van der Waals surface area contributed by atoms with Crippen LogP contribution in [0.2, 0.25) is 0 Å². The molecule has 3 heteroatoms. The number of rotatable bonds is 3. The molecule has 1 aromatic heterocycles. The Kier molecular flexibility index (Phi) is 4.47. The molecule has 0 radical (unpaired) electrons. The molecule has 1 fully saturated rings.